The van der Waals surface area contributed by atoms with Crippen LogP contribution >= 0.6 is 0 Å². The summed E-state index contributed by atoms with van der Waals surface area (Å²) >= 11 is 0. The van der Waals surface area contributed by atoms with Gasteiger partial charge in [-0.25, -0.2) is 19.9 Å². The predicted molar refractivity (Wildman–Crippen MR) is 473 cm³/mol. The van der Waals surface area contributed by atoms with Gasteiger partial charge in [-0.3, -0.25) is 9.80 Å². The molecule has 0 saturated heterocycles. The van der Waals surface area contributed by atoms with Crippen molar-refractivity contribution < 1.29 is 37.9 Å². The summed E-state index contributed by atoms with van der Waals surface area (Å²) in [7, 11) is 0. The lowest BCUT2D eigenvalue weighted by Gasteiger charge is -2.26. The largest absolute Gasteiger partial charge is 0.489 e. The summed E-state index contributed by atoms with van der Waals surface area (Å²) < 4.78 is 48.6. The van der Waals surface area contributed by atoms with Crippen LogP contribution in [0.25, 0.3) is 90.1 Å². The van der Waals surface area contributed by atoms with E-state index in [1.165, 1.54) is 0 Å². The fourth-order valence-electron chi connectivity index (χ4n) is 12.1. The van der Waals surface area contributed by atoms with Gasteiger partial charge in [-0.1, -0.05) is 52.6 Å². The van der Waals surface area contributed by atoms with Crippen LogP contribution in [0, 0.1) is 0 Å². The van der Waals surface area contributed by atoms with E-state index in [0.717, 1.165) is 89.1 Å². The maximum Gasteiger partial charge on any atom is 0.165 e. The highest BCUT2D eigenvalue weighted by molar-refractivity contribution is 5.81. The summed E-state index contributed by atoms with van der Waals surface area (Å²) in [5.74, 6) is 6.95. The number of hydrogen-bond acceptors (Lipinski definition) is 22. The third-order valence-corrected chi connectivity index (χ3v) is 18.0. The van der Waals surface area contributed by atoms with Crippen molar-refractivity contribution in [2.24, 2.45) is 0 Å². The fraction of sp³-hybridized carbons (Fsp3) is 0.224. The highest BCUT2D eigenvalue weighted by Crippen LogP contribution is 2.37. The van der Waals surface area contributed by atoms with E-state index in [1.807, 2.05) is 250 Å². The van der Waals surface area contributed by atoms with E-state index in [9.17, 15) is 0 Å². The minimum atomic E-state index is 0.127. The van der Waals surface area contributed by atoms with Gasteiger partial charge >= 0.3 is 0 Å². The van der Waals surface area contributed by atoms with Gasteiger partial charge in [0.1, 0.15) is 144 Å². The molecule has 4 heterocycles. The first-order valence-corrected chi connectivity index (χ1v) is 39.4. The van der Waals surface area contributed by atoms with E-state index in [2.05, 4.69) is 62.4 Å². The van der Waals surface area contributed by atoms with Crippen LogP contribution in [0.2, 0.25) is 0 Å². The van der Waals surface area contributed by atoms with Gasteiger partial charge in [-0.15, -0.1) is 40.8 Å². The molecule has 0 aliphatic heterocycles. The Balaban J connectivity index is 0.999. The summed E-state index contributed by atoms with van der Waals surface area (Å²) in [4.78, 5) is 26.1. The van der Waals surface area contributed by atoms with E-state index in [-0.39, 0.29) is 26.2 Å². The first kappa shape index (κ1) is 85.4. The van der Waals surface area contributed by atoms with Crippen LogP contribution in [0.15, 0.2) is 291 Å². The smallest absolute Gasteiger partial charge is 0.165 e. The van der Waals surface area contributed by atoms with Crippen LogP contribution < -0.4 is 37.9 Å². The Morgan fingerprint density at radius 2 is 0.333 bits per heavy atom. The van der Waals surface area contributed by atoms with E-state index in [1.54, 1.807) is 0 Å². The molecule has 4 aromatic heterocycles. The van der Waals surface area contributed by atoms with Gasteiger partial charge in [-0.2, -0.15) is 0 Å². The highest BCUT2D eigenvalue weighted by atomic mass is 16.5. The second kappa shape index (κ2) is 41.2. The predicted octanol–water partition coefficient (Wildman–Crippen LogP) is 20.1. The zero-order chi connectivity index (χ0) is 84.6. The van der Waals surface area contributed by atoms with Crippen molar-refractivity contribution in [3.63, 3.8) is 0 Å². The number of ether oxygens (including phenoxy) is 8. The van der Waals surface area contributed by atoms with Gasteiger partial charge in [0.25, 0.3) is 0 Å². The molecule has 12 rings (SSSR count). The summed E-state index contributed by atoms with van der Waals surface area (Å²) in [6.45, 7) is 51.7. The average molecular weight is 1600 g/mol. The molecule has 0 unspecified atom stereocenters. The van der Waals surface area contributed by atoms with Crippen LogP contribution in [0.4, 0.5) is 0 Å². The average Bonchev–Trinajstić information content (AvgIpc) is 0.807. The molecule has 0 atom stereocenters. The van der Waals surface area contributed by atoms with Gasteiger partial charge < -0.3 is 37.9 Å². The maximum absolute atomic E-state index is 6.10. The molecule has 22 heteroatoms. The molecule has 120 heavy (non-hydrogen) atoms. The molecule has 0 saturated carbocycles. The number of aromatic nitrogens is 12. The number of nitrogens with zero attached hydrogens (tertiary/aromatic N) is 14. The van der Waals surface area contributed by atoms with Crippen molar-refractivity contribution in [3.8, 4) is 136 Å². The Labute approximate surface area is 702 Å². The van der Waals surface area contributed by atoms with Gasteiger partial charge in [0, 0.05) is 57.6 Å². The third-order valence-electron chi connectivity index (χ3n) is 18.0. The molecule has 0 amide bonds. The Morgan fingerprint density at radius 3 is 0.467 bits per heavy atom. The number of rotatable bonds is 43. The van der Waals surface area contributed by atoms with E-state index < -0.39 is 0 Å². The molecule has 0 aliphatic carbocycles. The summed E-state index contributed by atoms with van der Waals surface area (Å²) in [5, 5.41) is 40.0. The zero-order valence-electron chi connectivity index (χ0n) is 69.6. The molecule has 0 aliphatic rings. The first-order chi connectivity index (χ1) is 57.9. The minimum absolute atomic E-state index is 0.127. The van der Waals surface area contributed by atoms with Crippen molar-refractivity contribution in [2.45, 2.75) is 81.6 Å². The van der Waals surface area contributed by atoms with Gasteiger partial charge in [-0.05, 0) is 294 Å². The normalized spacial score (nSPS) is 11.1. The van der Waals surface area contributed by atoms with Crippen LogP contribution in [-0.4, -0.2) is 136 Å². The topological polar surface area (TPSA) is 235 Å². The second-order valence-corrected chi connectivity index (χ2v) is 30.3. The van der Waals surface area contributed by atoms with Gasteiger partial charge in [0.05, 0.1) is 26.2 Å². The van der Waals surface area contributed by atoms with Gasteiger partial charge in [0.2, 0.25) is 0 Å². The first-order valence-electron chi connectivity index (χ1n) is 39.4. The summed E-state index contributed by atoms with van der Waals surface area (Å²) in [5.41, 5.74) is 17.8. The van der Waals surface area contributed by atoms with E-state index in [0.29, 0.717) is 181 Å². The molecule has 8 aromatic carbocycles. The molecule has 12 aromatic rings. The molecule has 610 valence electrons. The zero-order valence-corrected chi connectivity index (χ0v) is 69.6. The Bertz CT molecular complexity index is 4930. The fourth-order valence-corrected chi connectivity index (χ4v) is 12.1. The lowest BCUT2D eigenvalue weighted by Crippen LogP contribution is -2.36. The van der Waals surface area contributed by atoms with E-state index >= 15 is 0 Å². The van der Waals surface area contributed by atoms with E-state index in [4.69, 9.17) is 98.6 Å². The Morgan fingerprint density at radius 1 is 0.200 bits per heavy atom. The minimum Gasteiger partial charge on any atom is -0.489 e. The molecule has 0 bridgehead atoms. The number of benzene rings is 8. The molecular formula is C98H100N14O8. The third kappa shape index (κ3) is 24.8. The second-order valence-electron chi connectivity index (χ2n) is 30.3. The Hall–Kier alpha value is -14.0. The Kier molecular flexibility index (Phi) is 29.4. The standard InChI is InChI=1S/C98H100N14O8/c1-63(2)55-113-79-33-17-71(18-34-79)91-95(75-25-41-83(42-26-75)117-59-67(9)10)107-103-87(99-91)51-111(52-88-100-92(72-19-35-80(36-20-72)114-56-64(3)4)96(108-104-88)76-27-43-84(44-28-76)118-60-68(11)12)49-50-112(53-89-101-93(73-21-37-81(38-22-73)115-57-65(5)6)97(109-105-89)77-29-45-85(46-30-77)119-61-69(13)14)54-90-102-94(74-23-39-82(40-24-74)116-58-66(7)8)98(110-106-90)78-31-47-86(48-32-78)120-62-70(15)16/h17-48H,1,3,5,7,9,11,13,15,49-62H2,2,4,6,8,10,12,14,16H3. The van der Waals surface area contributed by atoms with Crippen molar-refractivity contribution in [3.05, 3.63) is 315 Å². The molecule has 0 fully saturated rings. The summed E-state index contributed by atoms with van der Waals surface area (Å²) in [6.07, 6.45) is 0. The van der Waals surface area contributed by atoms with Crippen LogP contribution in [0.3, 0.4) is 0 Å². The monoisotopic (exact) mass is 1600 g/mol. The van der Waals surface area contributed by atoms with Crippen molar-refractivity contribution in [2.75, 3.05) is 65.9 Å². The quantitative estimate of drug-likeness (QED) is 0.0323. The maximum atomic E-state index is 6.10. The lowest BCUT2D eigenvalue weighted by molar-refractivity contribution is 0.171. The lowest BCUT2D eigenvalue weighted by atomic mass is 10.0. The molecular weight excluding hydrogens is 1500 g/mol. The molecule has 22 nitrogen and oxygen atoms in total. The molecule has 0 radical (unpaired) electrons. The van der Waals surface area contributed by atoms with Crippen molar-refractivity contribution >= 4 is 0 Å². The SMILES string of the molecule is C=C(C)COc1ccc(-c2nnc(CN(CCN(Cc3nnc(-c4ccc(OCC(=C)C)cc4)c(-c4ccc(OCC(=C)C)cc4)n3)Cc3nnc(-c4ccc(OCC(=C)C)cc4)c(-c4ccc(OCC(=C)C)cc4)n3)Cc3nnc(-c4ccc(OCC(=C)C)cc4)c(-c4ccc(OCC(=C)C)cc4)n3)nc2-c2ccc(OCC(=C)C)cc2)cc1. The van der Waals surface area contributed by atoms with Crippen LogP contribution in [0.5, 0.6) is 46.0 Å². The molecule has 0 spiro atoms. The molecule has 0 N–H and O–H groups in total. The van der Waals surface area contributed by atoms with Crippen LogP contribution in [0.1, 0.15) is 78.7 Å². The van der Waals surface area contributed by atoms with Crippen LogP contribution in [-0.2, 0) is 26.2 Å². The number of hydrogen-bond donors (Lipinski definition) is 0. The van der Waals surface area contributed by atoms with Crippen molar-refractivity contribution in [1.82, 2.24) is 70.5 Å². The van der Waals surface area contributed by atoms with Gasteiger partial charge in [0.15, 0.2) is 23.3 Å². The highest BCUT2D eigenvalue weighted by Gasteiger charge is 2.25. The van der Waals surface area contributed by atoms with Crippen molar-refractivity contribution in [1.29, 1.82) is 0 Å². The summed E-state index contributed by atoms with van der Waals surface area (Å²) in [6, 6.07) is 61.9.